The van der Waals surface area contributed by atoms with Gasteiger partial charge in [0.25, 0.3) is 0 Å². The summed E-state index contributed by atoms with van der Waals surface area (Å²) in [5, 5.41) is 9.16. The van der Waals surface area contributed by atoms with Gasteiger partial charge in [-0.15, -0.1) is 0 Å². The van der Waals surface area contributed by atoms with Crippen LogP contribution in [0.2, 0.25) is 0 Å². The van der Waals surface area contributed by atoms with E-state index >= 15 is 0 Å². The third-order valence-corrected chi connectivity index (χ3v) is 4.22. The monoisotopic (exact) mass is 267 g/mol. The first kappa shape index (κ1) is 11.7. The van der Waals surface area contributed by atoms with Crippen LogP contribution in [0.1, 0.15) is 5.56 Å². The Hall–Kier alpha value is -1.40. The molecule has 1 atom stereocenters. The van der Waals surface area contributed by atoms with Crippen LogP contribution in [0.25, 0.3) is 0 Å². The van der Waals surface area contributed by atoms with Crippen LogP contribution in [0, 0.1) is 0 Å². The number of carboxylic acid groups (broad SMARTS) is 1. The maximum absolute atomic E-state index is 11.2. The highest BCUT2D eigenvalue weighted by Gasteiger charge is 2.31. The molecule has 0 aliphatic carbocycles. The zero-order valence-corrected chi connectivity index (χ0v) is 10.7. The van der Waals surface area contributed by atoms with Gasteiger partial charge in [-0.3, -0.25) is 4.79 Å². The van der Waals surface area contributed by atoms with Crippen molar-refractivity contribution in [3.05, 3.63) is 17.7 Å². The number of nitrogens with zero attached hydrogens (tertiary/aromatic N) is 1. The van der Waals surface area contributed by atoms with Gasteiger partial charge >= 0.3 is 5.97 Å². The molecule has 1 aromatic rings. The van der Waals surface area contributed by atoms with E-state index in [4.69, 9.17) is 14.6 Å². The summed E-state index contributed by atoms with van der Waals surface area (Å²) in [7, 11) is 1.79. The van der Waals surface area contributed by atoms with E-state index in [2.05, 4.69) is 0 Å². The zero-order chi connectivity index (χ0) is 12.7. The summed E-state index contributed by atoms with van der Waals surface area (Å²) in [6, 6.07) is 3.34. The second-order valence-corrected chi connectivity index (χ2v) is 5.50. The quantitative estimate of drug-likeness (QED) is 0.776. The molecule has 6 heteroatoms. The standard InChI is InChI=1S/C12H13NO4S/c1-13-8(12(14)15)4-7-5-9-10(6-11(7)18-13)17-3-2-16-9/h5-6,8H,2-4H2,1H3,(H,14,15). The van der Waals surface area contributed by atoms with E-state index in [-0.39, 0.29) is 0 Å². The molecule has 0 aromatic heterocycles. The predicted molar refractivity (Wildman–Crippen MR) is 66.2 cm³/mol. The normalized spacial score (nSPS) is 22.4. The van der Waals surface area contributed by atoms with Crippen LogP contribution in [-0.4, -0.2) is 41.7 Å². The lowest BCUT2D eigenvalue weighted by molar-refractivity contribution is -0.141. The van der Waals surface area contributed by atoms with Crippen LogP contribution in [-0.2, 0) is 11.2 Å². The Balaban J connectivity index is 1.98. The number of carbonyl (C=O) groups is 1. The lowest BCUT2D eigenvalue weighted by Crippen LogP contribution is -2.38. The van der Waals surface area contributed by atoms with Gasteiger partial charge in [0.05, 0.1) is 0 Å². The van der Waals surface area contributed by atoms with Crippen molar-refractivity contribution in [1.82, 2.24) is 4.31 Å². The van der Waals surface area contributed by atoms with Gasteiger partial charge in [-0.1, -0.05) is 0 Å². The maximum Gasteiger partial charge on any atom is 0.322 e. The predicted octanol–water partition coefficient (Wildman–Crippen LogP) is 1.41. The molecule has 96 valence electrons. The molecule has 1 unspecified atom stereocenters. The molecule has 5 nitrogen and oxygen atoms in total. The Morgan fingerprint density at radius 1 is 1.39 bits per heavy atom. The summed E-state index contributed by atoms with van der Waals surface area (Å²) in [5.41, 5.74) is 1.01. The SMILES string of the molecule is CN1Sc2cc3c(cc2CC1C(=O)O)OCCO3. The van der Waals surface area contributed by atoms with Gasteiger partial charge in [0.15, 0.2) is 11.5 Å². The summed E-state index contributed by atoms with van der Waals surface area (Å²) in [5.74, 6) is 0.662. The van der Waals surface area contributed by atoms with Crippen LogP contribution in [0.4, 0.5) is 0 Å². The van der Waals surface area contributed by atoms with E-state index in [1.807, 2.05) is 12.1 Å². The molecule has 1 N–H and O–H groups in total. The number of fused-ring (bicyclic) bond motifs is 2. The minimum atomic E-state index is -0.800. The largest absolute Gasteiger partial charge is 0.486 e. The lowest BCUT2D eigenvalue weighted by Gasteiger charge is -2.31. The zero-order valence-electron chi connectivity index (χ0n) is 9.88. The van der Waals surface area contributed by atoms with Crippen molar-refractivity contribution in [3.8, 4) is 11.5 Å². The molecule has 0 fully saturated rings. The number of benzene rings is 1. The van der Waals surface area contributed by atoms with Crippen molar-refractivity contribution >= 4 is 17.9 Å². The summed E-state index contributed by atoms with van der Waals surface area (Å²) in [6.45, 7) is 1.10. The highest BCUT2D eigenvalue weighted by molar-refractivity contribution is 7.97. The highest BCUT2D eigenvalue weighted by Crippen LogP contribution is 2.41. The van der Waals surface area contributed by atoms with E-state index in [0.29, 0.717) is 25.4 Å². The van der Waals surface area contributed by atoms with Gasteiger partial charge < -0.3 is 14.6 Å². The molecule has 0 saturated carbocycles. The smallest absolute Gasteiger partial charge is 0.322 e. The molecule has 0 saturated heterocycles. The molecule has 2 aliphatic heterocycles. The first-order valence-electron chi connectivity index (χ1n) is 5.71. The van der Waals surface area contributed by atoms with Crippen molar-refractivity contribution in [2.75, 3.05) is 20.3 Å². The van der Waals surface area contributed by atoms with Crippen LogP contribution in [0.3, 0.4) is 0 Å². The van der Waals surface area contributed by atoms with E-state index < -0.39 is 12.0 Å². The van der Waals surface area contributed by atoms with Crippen molar-refractivity contribution in [1.29, 1.82) is 0 Å². The topological polar surface area (TPSA) is 59.0 Å². The Morgan fingerprint density at radius 2 is 2.06 bits per heavy atom. The molecule has 3 rings (SSSR count). The second kappa shape index (κ2) is 4.37. The Labute approximate surface area is 109 Å². The van der Waals surface area contributed by atoms with E-state index in [9.17, 15) is 4.79 Å². The minimum absolute atomic E-state index is 0.491. The first-order valence-corrected chi connectivity index (χ1v) is 6.48. The van der Waals surface area contributed by atoms with Gasteiger partial charge in [0, 0.05) is 11.3 Å². The van der Waals surface area contributed by atoms with Crippen LogP contribution in [0.5, 0.6) is 11.5 Å². The lowest BCUT2D eigenvalue weighted by atomic mass is 10.0. The molecule has 2 heterocycles. The fourth-order valence-corrected chi connectivity index (χ4v) is 3.18. The molecule has 0 bridgehead atoms. The second-order valence-electron chi connectivity index (χ2n) is 4.30. The average Bonchev–Trinajstić information content (AvgIpc) is 2.35. The van der Waals surface area contributed by atoms with Crippen molar-refractivity contribution in [2.45, 2.75) is 17.4 Å². The number of hydrogen-bond donors (Lipinski definition) is 1. The summed E-state index contributed by atoms with van der Waals surface area (Å²) >= 11 is 1.44. The molecule has 0 amide bonds. The molecule has 1 aromatic carbocycles. The fraction of sp³-hybridized carbons (Fsp3) is 0.417. The van der Waals surface area contributed by atoms with E-state index in [1.165, 1.54) is 11.9 Å². The van der Waals surface area contributed by atoms with Crippen LogP contribution in [0.15, 0.2) is 17.0 Å². The summed E-state index contributed by atoms with van der Waals surface area (Å²) in [6.07, 6.45) is 0.491. The first-order chi connectivity index (χ1) is 8.65. The van der Waals surface area contributed by atoms with Gasteiger partial charge in [0.2, 0.25) is 0 Å². The number of likely N-dealkylation sites (N-methyl/N-ethyl adjacent to an activating group) is 1. The van der Waals surface area contributed by atoms with E-state index in [0.717, 1.165) is 16.2 Å². The number of hydrogen-bond acceptors (Lipinski definition) is 5. The Kier molecular flexibility index (Phi) is 2.83. The van der Waals surface area contributed by atoms with Gasteiger partial charge in [-0.05, 0) is 36.7 Å². The van der Waals surface area contributed by atoms with Gasteiger partial charge in [-0.25, -0.2) is 4.31 Å². The number of ether oxygens (including phenoxy) is 2. The molecule has 0 radical (unpaired) electrons. The molecule has 0 spiro atoms. The van der Waals surface area contributed by atoms with E-state index in [1.54, 1.807) is 11.4 Å². The molecular weight excluding hydrogens is 254 g/mol. The fourth-order valence-electron chi connectivity index (χ4n) is 2.16. The maximum atomic E-state index is 11.2. The van der Waals surface area contributed by atoms with Crippen molar-refractivity contribution in [3.63, 3.8) is 0 Å². The van der Waals surface area contributed by atoms with Crippen molar-refractivity contribution in [2.24, 2.45) is 0 Å². The number of carboxylic acids is 1. The number of rotatable bonds is 1. The number of aliphatic carboxylic acids is 1. The van der Waals surface area contributed by atoms with Crippen LogP contribution >= 0.6 is 11.9 Å². The average molecular weight is 267 g/mol. The molecule has 18 heavy (non-hydrogen) atoms. The Morgan fingerprint density at radius 3 is 2.72 bits per heavy atom. The third kappa shape index (κ3) is 1.91. The van der Waals surface area contributed by atoms with Gasteiger partial charge in [0.1, 0.15) is 19.3 Å². The third-order valence-electron chi connectivity index (χ3n) is 3.10. The molecule has 2 aliphatic rings. The van der Waals surface area contributed by atoms with Crippen molar-refractivity contribution < 1.29 is 19.4 Å². The summed E-state index contributed by atoms with van der Waals surface area (Å²) < 4.78 is 12.8. The van der Waals surface area contributed by atoms with Gasteiger partial charge in [-0.2, -0.15) is 0 Å². The highest BCUT2D eigenvalue weighted by atomic mass is 32.2. The van der Waals surface area contributed by atoms with Crippen LogP contribution < -0.4 is 9.47 Å². The minimum Gasteiger partial charge on any atom is -0.486 e. The Bertz CT molecular complexity index is 505. The summed E-state index contributed by atoms with van der Waals surface area (Å²) in [4.78, 5) is 12.2. The molecular formula is C12H13NO4S.